The zero-order valence-corrected chi connectivity index (χ0v) is 11.1. The van der Waals surface area contributed by atoms with E-state index in [0.717, 1.165) is 50.7 Å². The Morgan fingerprint density at radius 2 is 1.88 bits per heavy atom. The lowest BCUT2D eigenvalue weighted by molar-refractivity contribution is 0.128. The highest BCUT2D eigenvalue weighted by atomic mass is 16.5. The quantitative estimate of drug-likeness (QED) is 0.637. The molecule has 17 heavy (non-hydrogen) atoms. The fourth-order valence-electron chi connectivity index (χ4n) is 1.57. The summed E-state index contributed by atoms with van der Waals surface area (Å²) >= 11 is 0. The van der Waals surface area contributed by atoms with Crippen molar-refractivity contribution in [2.24, 2.45) is 0 Å². The molecule has 98 valence electrons. The van der Waals surface area contributed by atoms with Gasteiger partial charge >= 0.3 is 0 Å². The summed E-state index contributed by atoms with van der Waals surface area (Å²) in [5, 5.41) is 3.36. The SMILES string of the molecule is CCCCOCCCNCc1ccc(CC)o1. The first-order valence-electron chi connectivity index (χ1n) is 6.72. The molecule has 1 aromatic rings. The standard InChI is InChI=1S/C14H25NO2/c1-3-5-10-16-11-6-9-15-12-14-8-7-13(4-2)17-14/h7-8,15H,3-6,9-12H2,1-2H3. The van der Waals surface area contributed by atoms with Crippen molar-refractivity contribution in [1.82, 2.24) is 5.32 Å². The molecule has 1 N–H and O–H groups in total. The first kappa shape index (κ1) is 14.3. The topological polar surface area (TPSA) is 34.4 Å². The highest BCUT2D eigenvalue weighted by Crippen LogP contribution is 2.07. The Bertz CT molecular complexity index is 284. The molecule has 0 saturated heterocycles. The van der Waals surface area contributed by atoms with Gasteiger partial charge in [-0.25, -0.2) is 0 Å². The van der Waals surface area contributed by atoms with Crippen LogP contribution in [0.5, 0.6) is 0 Å². The molecule has 0 atom stereocenters. The molecule has 0 unspecified atom stereocenters. The molecule has 3 nitrogen and oxygen atoms in total. The Kier molecular flexibility index (Phi) is 7.76. The third-order valence-corrected chi connectivity index (χ3v) is 2.65. The lowest BCUT2D eigenvalue weighted by atomic mass is 10.3. The second-order valence-corrected chi connectivity index (χ2v) is 4.22. The lowest BCUT2D eigenvalue weighted by Gasteiger charge is -2.04. The fraction of sp³-hybridized carbons (Fsp3) is 0.714. The van der Waals surface area contributed by atoms with Gasteiger partial charge in [-0.15, -0.1) is 0 Å². The maximum atomic E-state index is 5.60. The Morgan fingerprint density at radius 1 is 1.12 bits per heavy atom. The molecule has 1 rings (SSSR count). The summed E-state index contributed by atoms with van der Waals surface area (Å²) in [4.78, 5) is 0. The van der Waals surface area contributed by atoms with E-state index < -0.39 is 0 Å². The van der Waals surface area contributed by atoms with Gasteiger partial charge in [-0.05, 0) is 31.5 Å². The molecule has 0 spiro atoms. The zero-order chi connectivity index (χ0) is 12.3. The summed E-state index contributed by atoms with van der Waals surface area (Å²) in [6.07, 6.45) is 4.40. The van der Waals surface area contributed by atoms with E-state index in [1.54, 1.807) is 0 Å². The van der Waals surface area contributed by atoms with E-state index in [0.29, 0.717) is 0 Å². The molecule has 1 heterocycles. The summed E-state index contributed by atoms with van der Waals surface area (Å²) in [7, 11) is 0. The minimum Gasteiger partial charge on any atom is -0.465 e. The first-order valence-corrected chi connectivity index (χ1v) is 6.72. The summed E-state index contributed by atoms with van der Waals surface area (Å²) in [6.45, 7) is 7.83. The van der Waals surface area contributed by atoms with Gasteiger partial charge in [0.1, 0.15) is 11.5 Å². The second kappa shape index (κ2) is 9.25. The minimum absolute atomic E-state index is 0.814. The van der Waals surface area contributed by atoms with Gasteiger partial charge in [0.05, 0.1) is 6.54 Å². The maximum Gasteiger partial charge on any atom is 0.117 e. The van der Waals surface area contributed by atoms with Crippen molar-refractivity contribution < 1.29 is 9.15 Å². The van der Waals surface area contributed by atoms with Crippen molar-refractivity contribution in [2.75, 3.05) is 19.8 Å². The molecule has 0 radical (unpaired) electrons. The third kappa shape index (κ3) is 6.49. The van der Waals surface area contributed by atoms with E-state index in [4.69, 9.17) is 9.15 Å². The van der Waals surface area contributed by atoms with Crippen molar-refractivity contribution in [3.63, 3.8) is 0 Å². The number of ether oxygens (including phenoxy) is 1. The van der Waals surface area contributed by atoms with Crippen LogP contribution in [0.3, 0.4) is 0 Å². The van der Waals surface area contributed by atoms with Crippen LogP contribution >= 0.6 is 0 Å². The predicted octanol–water partition coefficient (Wildman–Crippen LogP) is 3.14. The highest BCUT2D eigenvalue weighted by molar-refractivity contribution is 5.06. The van der Waals surface area contributed by atoms with Crippen molar-refractivity contribution in [3.8, 4) is 0 Å². The largest absolute Gasteiger partial charge is 0.465 e. The number of hydrogen-bond acceptors (Lipinski definition) is 3. The van der Waals surface area contributed by atoms with Crippen molar-refractivity contribution >= 4 is 0 Å². The second-order valence-electron chi connectivity index (χ2n) is 4.22. The average molecular weight is 239 g/mol. The maximum absolute atomic E-state index is 5.60. The van der Waals surface area contributed by atoms with Gasteiger partial charge in [0, 0.05) is 19.6 Å². The van der Waals surface area contributed by atoms with Gasteiger partial charge < -0.3 is 14.5 Å². The van der Waals surface area contributed by atoms with Crippen LogP contribution in [-0.2, 0) is 17.7 Å². The number of hydrogen-bond donors (Lipinski definition) is 1. The zero-order valence-electron chi connectivity index (χ0n) is 11.1. The van der Waals surface area contributed by atoms with Gasteiger partial charge in [0.2, 0.25) is 0 Å². The molecular formula is C14H25NO2. The van der Waals surface area contributed by atoms with Crippen molar-refractivity contribution in [2.45, 2.75) is 46.1 Å². The third-order valence-electron chi connectivity index (χ3n) is 2.65. The number of furan rings is 1. The van der Waals surface area contributed by atoms with E-state index in [-0.39, 0.29) is 0 Å². The van der Waals surface area contributed by atoms with Crippen LogP contribution < -0.4 is 5.32 Å². The molecule has 0 amide bonds. The van der Waals surface area contributed by atoms with Crippen LogP contribution in [0.1, 0.15) is 44.6 Å². The average Bonchev–Trinajstić information content (AvgIpc) is 2.80. The number of rotatable bonds is 10. The molecule has 0 aliphatic heterocycles. The fourth-order valence-corrected chi connectivity index (χ4v) is 1.57. The van der Waals surface area contributed by atoms with Gasteiger partial charge in [-0.1, -0.05) is 20.3 Å². The van der Waals surface area contributed by atoms with E-state index in [9.17, 15) is 0 Å². The van der Waals surface area contributed by atoms with E-state index in [2.05, 4.69) is 19.2 Å². The monoisotopic (exact) mass is 239 g/mol. The summed E-state index contributed by atoms with van der Waals surface area (Å²) in [6, 6.07) is 4.09. The summed E-state index contributed by atoms with van der Waals surface area (Å²) < 4.78 is 11.1. The van der Waals surface area contributed by atoms with Crippen LogP contribution in [-0.4, -0.2) is 19.8 Å². The molecule has 0 aliphatic carbocycles. The van der Waals surface area contributed by atoms with Crippen LogP contribution in [0, 0.1) is 0 Å². The number of aryl methyl sites for hydroxylation is 1. The molecule has 0 aromatic carbocycles. The molecule has 0 aliphatic rings. The Labute approximate surface area is 105 Å². The Balaban J connectivity index is 1.93. The van der Waals surface area contributed by atoms with Crippen LogP contribution in [0.4, 0.5) is 0 Å². The van der Waals surface area contributed by atoms with Crippen LogP contribution in [0.15, 0.2) is 16.5 Å². The van der Waals surface area contributed by atoms with Gasteiger partial charge in [-0.3, -0.25) is 0 Å². The van der Waals surface area contributed by atoms with Crippen molar-refractivity contribution in [3.05, 3.63) is 23.7 Å². The van der Waals surface area contributed by atoms with Gasteiger partial charge in [0.25, 0.3) is 0 Å². The van der Waals surface area contributed by atoms with Crippen LogP contribution in [0.25, 0.3) is 0 Å². The smallest absolute Gasteiger partial charge is 0.117 e. The minimum atomic E-state index is 0.814. The Morgan fingerprint density at radius 3 is 2.59 bits per heavy atom. The van der Waals surface area contributed by atoms with Crippen molar-refractivity contribution in [1.29, 1.82) is 0 Å². The molecular weight excluding hydrogens is 214 g/mol. The number of unbranched alkanes of at least 4 members (excludes halogenated alkanes) is 1. The molecule has 0 saturated carbocycles. The van der Waals surface area contributed by atoms with E-state index in [1.165, 1.54) is 12.8 Å². The lowest BCUT2D eigenvalue weighted by Crippen LogP contribution is -2.16. The first-order chi connectivity index (χ1) is 8.36. The molecule has 0 bridgehead atoms. The number of nitrogens with one attached hydrogen (secondary N) is 1. The molecule has 0 fully saturated rings. The van der Waals surface area contributed by atoms with Gasteiger partial charge in [0.15, 0.2) is 0 Å². The van der Waals surface area contributed by atoms with E-state index >= 15 is 0 Å². The predicted molar refractivity (Wildman–Crippen MR) is 70.1 cm³/mol. The summed E-state index contributed by atoms with van der Waals surface area (Å²) in [5.74, 6) is 2.08. The van der Waals surface area contributed by atoms with E-state index in [1.807, 2.05) is 12.1 Å². The molecule has 3 heteroatoms. The van der Waals surface area contributed by atoms with Gasteiger partial charge in [-0.2, -0.15) is 0 Å². The Hall–Kier alpha value is -0.800. The summed E-state index contributed by atoms with van der Waals surface area (Å²) in [5.41, 5.74) is 0. The highest BCUT2D eigenvalue weighted by Gasteiger charge is 1.99. The molecule has 1 aromatic heterocycles. The van der Waals surface area contributed by atoms with Crippen LogP contribution in [0.2, 0.25) is 0 Å². The normalized spacial score (nSPS) is 10.9.